The Balaban J connectivity index is 1.86. The van der Waals surface area contributed by atoms with Crippen LogP contribution in [0.1, 0.15) is 54.6 Å². The molecule has 2 aliphatic rings. The average Bonchev–Trinajstić information content (AvgIpc) is 2.74. The quantitative estimate of drug-likeness (QED) is 0.447. The number of rotatable bonds is 0. The summed E-state index contributed by atoms with van der Waals surface area (Å²) in [4.78, 5) is 12.4. The zero-order chi connectivity index (χ0) is 15.4. The lowest BCUT2D eigenvalue weighted by Gasteiger charge is -2.10. The van der Waals surface area contributed by atoms with E-state index in [9.17, 15) is 4.79 Å². The first-order chi connectivity index (χ1) is 11.3. The van der Waals surface area contributed by atoms with Crippen LogP contribution in [-0.4, -0.2) is 0 Å². The first-order valence-corrected chi connectivity index (χ1v) is 8.84. The molecule has 2 heterocycles. The van der Waals surface area contributed by atoms with Crippen molar-refractivity contribution < 1.29 is 8.83 Å². The van der Waals surface area contributed by atoms with Crippen molar-refractivity contribution in [2.24, 2.45) is 0 Å². The number of aryl methyl sites for hydroxylation is 3. The van der Waals surface area contributed by atoms with E-state index in [0.717, 1.165) is 60.8 Å². The highest BCUT2D eigenvalue weighted by molar-refractivity contribution is 5.97. The molecule has 3 nitrogen and oxygen atoms in total. The molecule has 0 radical (unpaired) electrons. The van der Waals surface area contributed by atoms with Gasteiger partial charge in [-0.25, -0.2) is 4.79 Å². The lowest BCUT2D eigenvalue weighted by molar-refractivity contribution is 0.504. The zero-order valence-corrected chi connectivity index (χ0v) is 13.2. The smallest absolute Gasteiger partial charge is 0.339 e. The van der Waals surface area contributed by atoms with Crippen LogP contribution in [0.4, 0.5) is 0 Å². The summed E-state index contributed by atoms with van der Waals surface area (Å²) in [5.74, 6) is 1.13. The van der Waals surface area contributed by atoms with Gasteiger partial charge in [0, 0.05) is 34.4 Å². The monoisotopic (exact) mass is 308 g/mol. The number of benzene rings is 1. The molecule has 0 fully saturated rings. The van der Waals surface area contributed by atoms with Gasteiger partial charge in [0.05, 0.1) is 0 Å². The Morgan fingerprint density at radius 2 is 1.30 bits per heavy atom. The maximum atomic E-state index is 12.4. The van der Waals surface area contributed by atoms with Crippen molar-refractivity contribution >= 4 is 21.9 Å². The van der Waals surface area contributed by atoms with Gasteiger partial charge in [-0.15, -0.1) is 0 Å². The molecule has 2 aliphatic carbocycles. The Labute approximate surface area is 134 Å². The SMILES string of the molecule is O=c1oc2cc3oc4c(c3cc2c2c1CCCCC2)CCCC4. The minimum absolute atomic E-state index is 0.148. The molecule has 0 aliphatic heterocycles. The average molecular weight is 308 g/mol. The molecule has 0 saturated carbocycles. The molecule has 0 bridgehead atoms. The summed E-state index contributed by atoms with van der Waals surface area (Å²) in [5, 5.41) is 2.36. The summed E-state index contributed by atoms with van der Waals surface area (Å²) >= 11 is 0. The van der Waals surface area contributed by atoms with Gasteiger partial charge in [0.2, 0.25) is 0 Å². The van der Waals surface area contributed by atoms with Crippen LogP contribution in [0.2, 0.25) is 0 Å². The van der Waals surface area contributed by atoms with Crippen LogP contribution < -0.4 is 5.63 Å². The Hall–Kier alpha value is -2.03. The Morgan fingerprint density at radius 3 is 2.22 bits per heavy atom. The molecule has 3 heteroatoms. The predicted molar refractivity (Wildman–Crippen MR) is 90.2 cm³/mol. The van der Waals surface area contributed by atoms with Crippen molar-refractivity contribution in [2.75, 3.05) is 0 Å². The van der Waals surface area contributed by atoms with Gasteiger partial charge in [-0.3, -0.25) is 0 Å². The van der Waals surface area contributed by atoms with Crippen molar-refractivity contribution in [3.63, 3.8) is 0 Å². The lowest BCUT2D eigenvalue weighted by Crippen LogP contribution is -2.10. The van der Waals surface area contributed by atoms with E-state index in [1.165, 1.54) is 35.8 Å². The van der Waals surface area contributed by atoms with Crippen LogP contribution in [0.3, 0.4) is 0 Å². The van der Waals surface area contributed by atoms with Gasteiger partial charge in [-0.2, -0.15) is 0 Å². The molecule has 2 aromatic heterocycles. The van der Waals surface area contributed by atoms with E-state index in [2.05, 4.69) is 6.07 Å². The van der Waals surface area contributed by atoms with E-state index in [-0.39, 0.29) is 5.63 Å². The normalized spacial score (nSPS) is 17.9. The van der Waals surface area contributed by atoms with E-state index in [1.54, 1.807) is 0 Å². The molecule has 3 aromatic rings. The predicted octanol–water partition coefficient (Wildman–Crippen LogP) is 4.69. The lowest BCUT2D eigenvalue weighted by atomic mass is 9.94. The van der Waals surface area contributed by atoms with Crippen molar-refractivity contribution in [3.05, 3.63) is 45.0 Å². The molecule has 0 atom stereocenters. The van der Waals surface area contributed by atoms with Crippen molar-refractivity contribution in [2.45, 2.75) is 57.8 Å². The van der Waals surface area contributed by atoms with Gasteiger partial charge in [0.25, 0.3) is 0 Å². The second-order valence-electron chi connectivity index (χ2n) is 6.96. The molecule has 0 saturated heterocycles. The summed E-state index contributed by atoms with van der Waals surface area (Å²) < 4.78 is 11.7. The highest BCUT2D eigenvalue weighted by Gasteiger charge is 2.21. The molecule has 118 valence electrons. The van der Waals surface area contributed by atoms with Crippen LogP contribution in [0, 0.1) is 0 Å². The van der Waals surface area contributed by atoms with Crippen LogP contribution in [0.25, 0.3) is 21.9 Å². The molecular formula is C20H20O3. The second-order valence-corrected chi connectivity index (χ2v) is 6.96. The minimum Gasteiger partial charge on any atom is -0.461 e. The van der Waals surface area contributed by atoms with Gasteiger partial charge in [0.1, 0.15) is 16.9 Å². The van der Waals surface area contributed by atoms with E-state index < -0.39 is 0 Å². The van der Waals surface area contributed by atoms with Gasteiger partial charge in [-0.1, -0.05) is 6.42 Å². The largest absolute Gasteiger partial charge is 0.461 e. The fourth-order valence-electron chi connectivity index (χ4n) is 4.38. The first-order valence-electron chi connectivity index (χ1n) is 8.84. The summed E-state index contributed by atoms with van der Waals surface area (Å²) in [6.45, 7) is 0. The Bertz CT molecular complexity index is 974. The summed E-state index contributed by atoms with van der Waals surface area (Å²) in [6, 6.07) is 4.17. The van der Waals surface area contributed by atoms with E-state index in [0.29, 0.717) is 5.58 Å². The second kappa shape index (κ2) is 4.98. The fourth-order valence-corrected chi connectivity index (χ4v) is 4.38. The summed E-state index contributed by atoms with van der Waals surface area (Å²) in [7, 11) is 0. The maximum Gasteiger partial charge on any atom is 0.339 e. The standard InChI is InChI=1S/C20H20O3/c21-20-14-8-3-1-2-6-12(14)15-10-16-13-7-4-5-9-17(13)22-18(16)11-19(15)23-20/h10-11H,1-9H2. The van der Waals surface area contributed by atoms with Gasteiger partial charge < -0.3 is 8.83 Å². The highest BCUT2D eigenvalue weighted by atomic mass is 16.4. The maximum absolute atomic E-state index is 12.4. The Kier molecular flexibility index (Phi) is 2.91. The highest BCUT2D eigenvalue weighted by Crippen LogP contribution is 2.36. The van der Waals surface area contributed by atoms with Gasteiger partial charge in [-0.05, 0) is 56.6 Å². The number of furan rings is 1. The molecule has 23 heavy (non-hydrogen) atoms. The minimum atomic E-state index is -0.148. The number of fused-ring (bicyclic) bond motifs is 6. The van der Waals surface area contributed by atoms with Gasteiger partial charge in [0.15, 0.2) is 0 Å². The summed E-state index contributed by atoms with van der Waals surface area (Å²) in [5.41, 5.74) is 4.93. The molecule has 1 aromatic carbocycles. The van der Waals surface area contributed by atoms with E-state index >= 15 is 0 Å². The van der Waals surface area contributed by atoms with Crippen molar-refractivity contribution in [3.8, 4) is 0 Å². The van der Waals surface area contributed by atoms with Gasteiger partial charge >= 0.3 is 5.63 Å². The zero-order valence-electron chi connectivity index (χ0n) is 13.2. The molecule has 0 amide bonds. The third-order valence-electron chi connectivity index (χ3n) is 5.55. The molecule has 0 unspecified atom stereocenters. The van der Waals surface area contributed by atoms with Crippen molar-refractivity contribution in [1.82, 2.24) is 0 Å². The molecular weight excluding hydrogens is 288 g/mol. The topological polar surface area (TPSA) is 43.4 Å². The number of hydrogen-bond donors (Lipinski definition) is 0. The van der Waals surface area contributed by atoms with Crippen LogP contribution in [-0.2, 0) is 25.7 Å². The summed E-state index contributed by atoms with van der Waals surface area (Å²) in [6.07, 6.45) is 9.87. The fraction of sp³-hybridized carbons (Fsp3) is 0.450. The molecule has 0 N–H and O–H groups in total. The van der Waals surface area contributed by atoms with Crippen LogP contribution >= 0.6 is 0 Å². The number of hydrogen-bond acceptors (Lipinski definition) is 3. The third-order valence-corrected chi connectivity index (χ3v) is 5.55. The third kappa shape index (κ3) is 1.99. The molecule has 0 spiro atoms. The van der Waals surface area contributed by atoms with E-state index in [4.69, 9.17) is 8.83 Å². The van der Waals surface area contributed by atoms with E-state index in [1.807, 2.05) is 6.07 Å². The van der Waals surface area contributed by atoms with Crippen LogP contribution in [0.5, 0.6) is 0 Å². The first kappa shape index (κ1) is 13.4. The Morgan fingerprint density at radius 1 is 0.652 bits per heavy atom. The van der Waals surface area contributed by atoms with Crippen LogP contribution in [0.15, 0.2) is 25.8 Å². The van der Waals surface area contributed by atoms with Crippen molar-refractivity contribution in [1.29, 1.82) is 0 Å². The molecule has 5 rings (SSSR count).